The largest absolute Gasteiger partial charge is 0.361 e. The first-order valence-electron chi connectivity index (χ1n) is 9.95. The molecule has 9 heteroatoms. The highest BCUT2D eigenvalue weighted by molar-refractivity contribution is 14.0. The summed E-state index contributed by atoms with van der Waals surface area (Å²) in [7, 11) is 0. The van der Waals surface area contributed by atoms with Crippen molar-refractivity contribution in [1.82, 2.24) is 30.8 Å². The first kappa shape index (κ1) is 22.7. The Balaban J connectivity index is 0.00000272. The molecule has 0 spiro atoms. The zero-order valence-corrected chi connectivity index (χ0v) is 19.5. The fourth-order valence-electron chi connectivity index (χ4n) is 3.35. The highest BCUT2D eigenvalue weighted by Gasteiger charge is 2.06. The van der Waals surface area contributed by atoms with Gasteiger partial charge in [0.2, 0.25) is 0 Å². The molecular formula is C22H25FIN7. The maximum atomic E-state index is 13.4. The number of aromatic amines is 2. The van der Waals surface area contributed by atoms with Gasteiger partial charge in [0.25, 0.3) is 0 Å². The minimum atomic E-state index is -0.233. The van der Waals surface area contributed by atoms with Gasteiger partial charge in [-0.2, -0.15) is 5.10 Å². The third kappa shape index (κ3) is 5.81. The summed E-state index contributed by atoms with van der Waals surface area (Å²) >= 11 is 0. The lowest BCUT2D eigenvalue weighted by molar-refractivity contribution is 0.629. The molecule has 4 N–H and O–H groups in total. The first-order valence-corrected chi connectivity index (χ1v) is 9.95. The summed E-state index contributed by atoms with van der Waals surface area (Å²) in [5.41, 5.74) is 4.03. The van der Waals surface area contributed by atoms with Crippen LogP contribution in [0.4, 0.5) is 4.39 Å². The number of rotatable bonds is 7. The minimum Gasteiger partial charge on any atom is -0.361 e. The van der Waals surface area contributed by atoms with Crippen LogP contribution in [-0.4, -0.2) is 39.2 Å². The van der Waals surface area contributed by atoms with E-state index in [1.54, 1.807) is 0 Å². The lowest BCUT2D eigenvalue weighted by atomic mass is 10.1. The van der Waals surface area contributed by atoms with Gasteiger partial charge in [-0.1, -0.05) is 18.2 Å². The third-order valence-electron chi connectivity index (χ3n) is 4.80. The number of benzene rings is 2. The molecule has 0 saturated heterocycles. The van der Waals surface area contributed by atoms with Crippen molar-refractivity contribution in [2.75, 3.05) is 13.1 Å². The molecule has 0 radical (unpaired) electrons. The minimum absolute atomic E-state index is 0. The van der Waals surface area contributed by atoms with Gasteiger partial charge < -0.3 is 15.6 Å². The number of guanidine groups is 1. The van der Waals surface area contributed by atoms with E-state index in [4.69, 9.17) is 0 Å². The molecule has 0 saturated carbocycles. The van der Waals surface area contributed by atoms with Crippen molar-refractivity contribution in [1.29, 1.82) is 0 Å². The molecule has 0 amide bonds. The topological polar surface area (TPSA) is 93.8 Å². The van der Waals surface area contributed by atoms with Gasteiger partial charge in [-0.3, -0.25) is 5.10 Å². The number of fused-ring (bicyclic) bond motifs is 1. The monoisotopic (exact) mass is 533 g/mol. The van der Waals surface area contributed by atoms with Crippen LogP contribution < -0.4 is 10.6 Å². The summed E-state index contributed by atoms with van der Waals surface area (Å²) in [5.74, 6) is 1.26. The zero-order valence-electron chi connectivity index (χ0n) is 17.2. The molecule has 162 valence electrons. The van der Waals surface area contributed by atoms with E-state index in [1.807, 2.05) is 37.4 Å². The van der Waals surface area contributed by atoms with Crippen LogP contribution in [0.2, 0.25) is 0 Å². The molecule has 2 aromatic heterocycles. The summed E-state index contributed by atoms with van der Waals surface area (Å²) in [6, 6.07) is 12.9. The number of H-pyrrole nitrogens is 2. The summed E-state index contributed by atoms with van der Waals surface area (Å²) in [6.45, 7) is 4.07. The van der Waals surface area contributed by atoms with Crippen LogP contribution in [-0.2, 0) is 13.0 Å². The van der Waals surface area contributed by atoms with Gasteiger partial charge in [0.15, 0.2) is 11.8 Å². The second kappa shape index (κ2) is 10.9. The van der Waals surface area contributed by atoms with E-state index in [0.717, 1.165) is 52.3 Å². The highest BCUT2D eigenvalue weighted by atomic mass is 127. The van der Waals surface area contributed by atoms with Gasteiger partial charge >= 0.3 is 0 Å². The van der Waals surface area contributed by atoms with Crippen LogP contribution in [0.25, 0.3) is 22.3 Å². The lowest BCUT2D eigenvalue weighted by Gasteiger charge is -2.11. The molecule has 0 aliphatic rings. The van der Waals surface area contributed by atoms with Crippen LogP contribution >= 0.6 is 24.0 Å². The van der Waals surface area contributed by atoms with Crippen molar-refractivity contribution in [3.05, 3.63) is 71.9 Å². The van der Waals surface area contributed by atoms with Gasteiger partial charge in [-0.15, -0.1) is 24.0 Å². The number of hydrogen-bond donors (Lipinski definition) is 4. The number of nitrogens with zero attached hydrogens (tertiary/aromatic N) is 3. The van der Waals surface area contributed by atoms with Gasteiger partial charge in [-0.05, 0) is 48.7 Å². The smallest absolute Gasteiger partial charge is 0.191 e. The van der Waals surface area contributed by atoms with E-state index in [9.17, 15) is 4.39 Å². The zero-order chi connectivity index (χ0) is 20.8. The number of aromatic nitrogens is 4. The average Bonchev–Trinajstić information content (AvgIpc) is 3.42. The second-order valence-corrected chi connectivity index (χ2v) is 6.91. The Kier molecular flexibility index (Phi) is 7.99. The fourth-order valence-corrected chi connectivity index (χ4v) is 3.35. The Morgan fingerprint density at radius 3 is 2.87 bits per heavy atom. The van der Waals surface area contributed by atoms with E-state index < -0.39 is 0 Å². The van der Waals surface area contributed by atoms with E-state index in [2.05, 4.69) is 41.9 Å². The van der Waals surface area contributed by atoms with Crippen molar-refractivity contribution in [2.24, 2.45) is 4.99 Å². The summed E-state index contributed by atoms with van der Waals surface area (Å²) in [6.07, 6.45) is 4.24. The van der Waals surface area contributed by atoms with Crippen LogP contribution in [0.5, 0.6) is 0 Å². The lowest BCUT2D eigenvalue weighted by Crippen LogP contribution is -2.38. The first-order chi connectivity index (χ1) is 14.7. The predicted molar refractivity (Wildman–Crippen MR) is 132 cm³/mol. The number of halogens is 2. The Morgan fingerprint density at radius 1 is 1.16 bits per heavy atom. The standard InChI is InChI=1S/C22H24FN7.HI/c1-2-24-22(25-9-8-17-13-26-20-11-18(23)6-7-19(17)20)27-12-15-4-3-5-16(10-15)21-28-14-29-30-21;/h3-7,10-11,13-14,26H,2,8-9,12H2,1H3,(H2,24,25,27)(H,28,29,30);1H. The van der Waals surface area contributed by atoms with Crippen LogP contribution in [0.3, 0.4) is 0 Å². The molecule has 2 aromatic carbocycles. The Bertz CT molecular complexity index is 1140. The molecular weight excluding hydrogens is 508 g/mol. The molecule has 0 aliphatic carbocycles. The molecule has 0 unspecified atom stereocenters. The molecule has 0 aliphatic heterocycles. The maximum absolute atomic E-state index is 13.4. The van der Waals surface area contributed by atoms with Crippen molar-refractivity contribution in [3.63, 3.8) is 0 Å². The van der Waals surface area contributed by atoms with Crippen molar-refractivity contribution < 1.29 is 4.39 Å². The molecule has 0 fully saturated rings. The van der Waals surface area contributed by atoms with Gasteiger partial charge in [0.1, 0.15) is 12.1 Å². The van der Waals surface area contributed by atoms with Gasteiger partial charge in [-0.25, -0.2) is 14.4 Å². The summed E-state index contributed by atoms with van der Waals surface area (Å²) in [5, 5.41) is 14.5. The highest BCUT2D eigenvalue weighted by Crippen LogP contribution is 2.19. The fraction of sp³-hybridized carbons (Fsp3) is 0.227. The molecule has 31 heavy (non-hydrogen) atoms. The van der Waals surface area contributed by atoms with E-state index >= 15 is 0 Å². The maximum Gasteiger partial charge on any atom is 0.191 e. The Morgan fingerprint density at radius 2 is 2.06 bits per heavy atom. The second-order valence-electron chi connectivity index (χ2n) is 6.91. The van der Waals surface area contributed by atoms with E-state index in [1.165, 1.54) is 18.5 Å². The molecule has 2 heterocycles. The van der Waals surface area contributed by atoms with Crippen LogP contribution in [0.15, 0.2) is 60.0 Å². The molecule has 4 aromatic rings. The quantitative estimate of drug-likeness (QED) is 0.164. The molecule has 0 bridgehead atoms. The third-order valence-corrected chi connectivity index (χ3v) is 4.80. The molecule has 0 atom stereocenters. The Hall–Kier alpha value is -2.95. The van der Waals surface area contributed by atoms with Crippen LogP contribution in [0.1, 0.15) is 18.1 Å². The van der Waals surface area contributed by atoms with Crippen LogP contribution in [0, 0.1) is 5.82 Å². The van der Waals surface area contributed by atoms with E-state index in [-0.39, 0.29) is 29.8 Å². The normalized spacial score (nSPS) is 11.4. The predicted octanol–water partition coefficient (Wildman–Crippen LogP) is 4.01. The number of aliphatic imine (C=N–C) groups is 1. The number of hydrogen-bond acceptors (Lipinski definition) is 3. The van der Waals surface area contributed by atoms with Crippen molar-refractivity contribution in [2.45, 2.75) is 19.9 Å². The summed E-state index contributed by atoms with van der Waals surface area (Å²) < 4.78 is 13.4. The van der Waals surface area contributed by atoms with Crippen molar-refractivity contribution in [3.8, 4) is 11.4 Å². The van der Waals surface area contributed by atoms with E-state index in [0.29, 0.717) is 13.1 Å². The summed E-state index contributed by atoms with van der Waals surface area (Å²) in [4.78, 5) is 12.0. The SMILES string of the molecule is CCNC(=NCc1cccc(-c2ncn[nH]2)c1)NCCc1c[nH]c2cc(F)ccc12.I. The average molecular weight is 533 g/mol. The number of nitrogens with one attached hydrogen (secondary N) is 4. The van der Waals surface area contributed by atoms with Gasteiger partial charge in [0.05, 0.1) is 6.54 Å². The Labute approximate surface area is 197 Å². The van der Waals surface area contributed by atoms with Gasteiger partial charge in [0, 0.05) is 35.8 Å². The van der Waals surface area contributed by atoms with Crippen molar-refractivity contribution >= 4 is 40.8 Å². The molecule has 4 rings (SSSR count). The molecule has 7 nitrogen and oxygen atoms in total.